The highest BCUT2D eigenvalue weighted by Crippen LogP contribution is 2.33. The number of imidazole rings is 1. The van der Waals surface area contributed by atoms with Crippen molar-refractivity contribution >= 4 is 64.8 Å². The number of halogens is 3. The number of hydrogen-bond donors (Lipinski definition) is 3. The van der Waals surface area contributed by atoms with Gasteiger partial charge in [-0.3, -0.25) is 0 Å². The van der Waals surface area contributed by atoms with Crippen molar-refractivity contribution in [3.8, 4) is 0 Å². The van der Waals surface area contributed by atoms with Gasteiger partial charge in [-0.15, -0.1) is 41.8 Å². The summed E-state index contributed by atoms with van der Waals surface area (Å²) >= 11 is 0. The predicted molar refractivity (Wildman–Crippen MR) is 146 cm³/mol. The van der Waals surface area contributed by atoms with Crippen LogP contribution in [0.25, 0.3) is 0 Å². The lowest BCUT2D eigenvalue weighted by Gasteiger charge is -2.32. The number of azo groups is 1. The molecule has 1 aliphatic heterocycles. The maximum absolute atomic E-state index is 5.70. The number of aromatic nitrogens is 2. The number of quaternary nitrogens is 1. The van der Waals surface area contributed by atoms with Gasteiger partial charge >= 0.3 is 5.95 Å². The molecule has 0 fully saturated rings. The Morgan fingerprint density at radius 3 is 2.67 bits per heavy atom. The average Bonchev–Trinajstić information content (AvgIpc) is 3.16. The van der Waals surface area contributed by atoms with E-state index in [4.69, 9.17) is 5.73 Å². The van der Waals surface area contributed by atoms with Crippen LogP contribution in [0.3, 0.4) is 0 Å². The van der Waals surface area contributed by atoms with Gasteiger partial charge in [0.05, 0.1) is 43.4 Å². The molecule has 0 atom stereocenters. The maximum atomic E-state index is 5.70. The molecular formula is C22H41BrCl2N8+2. The molecule has 11 heteroatoms. The fraction of sp³-hybridized carbons (Fsp3) is 0.591. The summed E-state index contributed by atoms with van der Waals surface area (Å²) in [4.78, 5) is 2.48. The maximum Gasteiger partial charge on any atom is 0.421 e. The Morgan fingerprint density at radius 1 is 1.12 bits per heavy atom. The third-order valence-corrected chi connectivity index (χ3v) is 5.50. The zero-order valence-electron chi connectivity index (χ0n) is 19.6. The number of rotatable bonds is 12. The van der Waals surface area contributed by atoms with Crippen molar-refractivity contribution in [1.29, 1.82) is 0 Å². The Morgan fingerprint density at radius 2 is 1.94 bits per heavy atom. The topological polar surface area (TPSA) is 102 Å². The van der Waals surface area contributed by atoms with E-state index in [1.54, 1.807) is 0 Å². The summed E-state index contributed by atoms with van der Waals surface area (Å²) in [6.07, 6.45) is 9.85. The Labute approximate surface area is 220 Å². The molecule has 1 aromatic heterocycles. The molecule has 0 spiro atoms. The van der Waals surface area contributed by atoms with Crippen LogP contribution in [0.1, 0.15) is 39.0 Å². The van der Waals surface area contributed by atoms with Crippen molar-refractivity contribution < 1.29 is 10.3 Å². The van der Waals surface area contributed by atoms with Crippen LogP contribution in [-0.2, 0) is 13.1 Å². The Bertz CT molecular complexity index is 805. The van der Waals surface area contributed by atoms with Crippen LogP contribution in [0.4, 0.5) is 23.0 Å². The average molecular weight is 568 g/mol. The fourth-order valence-corrected chi connectivity index (χ4v) is 3.80. The molecule has 0 amide bonds. The highest BCUT2D eigenvalue weighted by molar-refractivity contribution is 8.93. The molecule has 188 valence electrons. The lowest BCUT2D eigenvalue weighted by molar-refractivity contribution is -0.686. The molecule has 0 radical (unpaired) electrons. The van der Waals surface area contributed by atoms with Crippen LogP contribution < -0.4 is 26.3 Å². The van der Waals surface area contributed by atoms with Gasteiger partial charge in [0.1, 0.15) is 5.69 Å². The number of anilines is 2. The summed E-state index contributed by atoms with van der Waals surface area (Å²) in [5.41, 5.74) is 12.9. The summed E-state index contributed by atoms with van der Waals surface area (Å²) in [5, 5.41) is 12.7. The summed E-state index contributed by atoms with van der Waals surface area (Å²) in [6.45, 7) is 8.70. The molecule has 0 saturated carbocycles. The number of nitrogens with zero attached hydrogens (tertiary/aromatic N) is 5. The van der Waals surface area contributed by atoms with Gasteiger partial charge in [-0.2, -0.15) is 0 Å². The molecule has 0 unspecified atom stereocenters. The molecule has 2 aromatic rings. The molecule has 2 heterocycles. The second kappa shape index (κ2) is 17.1. The van der Waals surface area contributed by atoms with E-state index in [0.29, 0.717) is 6.54 Å². The van der Waals surface area contributed by atoms with Crippen molar-refractivity contribution in [2.45, 2.75) is 52.1 Å². The van der Waals surface area contributed by atoms with Crippen molar-refractivity contribution in [2.75, 3.05) is 42.9 Å². The largest absolute Gasteiger partial charge is 0.421 e. The first kappa shape index (κ1) is 31.6. The highest BCUT2D eigenvalue weighted by atomic mass is 79.9. The lowest BCUT2D eigenvalue weighted by atomic mass is 10.1. The van der Waals surface area contributed by atoms with E-state index in [9.17, 15) is 0 Å². The molecule has 0 saturated heterocycles. The van der Waals surface area contributed by atoms with Crippen LogP contribution in [-0.4, -0.2) is 37.3 Å². The van der Waals surface area contributed by atoms with Crippen LogP contribution in [0.15, 0.2) is 40.8 Å². The normalized spacial score (nSPS) is 12.4. The summed E-state index contributed by atoms with van der Waals surface area (Å²) in [6, 6.07) is 6.35. The third-order valence-electron chi connectivity index (χ3n) is 5.50. The first-order chi connectivity index (χ1) is 14.8. The van der Waals surface area contributed by atoms with E-state index < -0.39 is 0 Å². The first-order valence-corrected chi connectivity index (χ1v) is 11.4. The number of hydrogen-bond acceptors (Lipinski definition) is 5. The quantitative estimate of drug-likeness (QED) is 0.205. The molecule has 6 N–H and O–H groups in total. The SMILES string of the molecule is Br.CCCCCN1CCNc2cc(N=Nc3n(CCCN)cc[n+]3CCC[NH3+])ccc21.Cl.Cl. The summed E-state index contributed by atoms with van der Waals surface area (Å²) < 4.78 is 4.28. The monoisotopic (exact) mass is 566 g/mol. The molecular weight excluding hydrogens is 527 g/mol. The van der Waals surface area contributed by atoms with Crippen LogP contribution in [0.2, 0.25) is 0 Å². The zero-order valence-corrected chi connectivity index (χ0v) is 23.0. The number of nitrogens with two attached hydrogens (primary N) is 1. The minimum absolute atomic E-state index is 0. The third kappa shape index (κ3) is 9.05. The van der Waals surface area contributed by atoms with Gasteiger partial charge in [-0.05, 0) is 37.6 Å². The van der Waals surface area contributed by atoms with E-state index in [2.05, 4.69) is 72.8 Å². The van der Waals surface area contributed by atoms with E-state index in [1.807, 2.05) is 0 Å². The van der Waals surface area contributed by atoms with E-state index in [-0.39, 0.29) is 41.8 Å². The Balaban J connectivity index is 0.00000341. The van der Waals surface area contributed by atoms with Crippen molar-refractivity contribution in [3.63, 3.8) is 0 Å². The minimum Gasteiger partial charge on any atom is -0.382 e. The van der Waals surface area contributed by atoms with Crippen LogP contribution in [0.5, 0.6) is 0 Å². The van der Waals surface area contributed by atoms with Gasteiger partial charge in [-0.1, -0.05) is 24.9 Å². The predicted octanol–water partition coefficient (Wildman–Crippen LogP) is 4.02. The molecule has 3 rings (SSSR count). The number of nitrogens with one attached hydrogen (secondary N) is 1. The molecule has 33 heavy (non-hydrogen) atoms. The van der Waals surface area contributed by atoms with Crippen molar-refractivity contribution in [2.24, 2.45) is 16.0 Å². The van der Waals surface area contributed by atoms with Gasteiger partial charge in [0.2, 0.25) is 0 Å². The van der Waals surface area contributed by atoms with Gasteiger partial charge < -0.3 is 21.7 Å². The summed E-state index contributed by atoms with van der Waals surface area (Å²) in [7, 11) is 0. The molecule has 1 aliphatic rings. The molecule has 8 nitrogen and oxygen atoms in total. The standard InChI is InChI=1S/C22H37N8.BrH.2ClH/c1-2-3-4-12-28-15-11-25-20-18-19(7-8-21(20)28)26-27-22-29(13-5-9-23)16-17-30(22)14-6-10-24;;;/h7-8,16-18,25H,2-6,9-15,23-24H2,1H3;3*1H/q+1;;;/p+1. The van der Waals surface area contributed by atoms with Gasteiger partial charge in [0, 0.05) is 31.2 Å². The second-order valence-electron chi connectivity index (χ2n) is 7.86. The first-order valence-electron chi connectivity index (χ1n) is 11.4. The molecule has 1 aromatic carbocycles. The molecule has 0 aliphatic carbocycles. The Hall–Kier alpha value is -1.39. The Kier molecular flexibility index (Phi) is 16.4. The smallest absolute Gasteiger partial charge is 0.382 e. The fourth-order valence-electron chi connectivity index (χ4n) is 3.80. The van der Waals surface area contributed by atoms with Crippen LogP contribution >= 0.6 is 41.8 Å². The van der Waals surface area contributed by atoms with Gasteiger partial charge in [-0.25, -0.2) is 9.13 Å². The number of benzene rings is 1. The van der Waals surface area contributed by atoms with Gasteiger partial charge in [0.15, 0.2) is 0 Å². The number of fused-ring (bicyclic) bond motifs is 1. The van der Waals surface area contributed by atoms with Crippen molar-refractivity contribution in [3.05, 3.63) is 30.6 Å². The zero-order chi connectivity index (χ0) is 21.2. The van der Waals surface area contributed by atoms with Gasteiger partial charge in [0.25, 0.3) is 0 Å². The van der Waals surface area contributed by atoms with E-state index in [0.717, 1.165) is 69.4 Å². The number of aryl methyl sites for hydroxylation is 2. The second-order valence-corrected chi connectivity index (χ2v) is 7.86. The molecule has 0 bridgehead atoms. The lowest BCUT2D eigenvalue weighted by Crippen LogP contribution is -2.51. The van der Waals surface area contributed by atoms with E-state index >= 15 is 0 Å². The minimum atomic E-state index is 0. The highest BCUT2D eigenvalue weighted by Gasteiger charge is 2.19. The van der Waals surface area contributed by atoms with Crippen molar-refractivity contribution in [1.82, 2.24) is 4.57 Å². The number of unbranched alkanes of at least 4 members (excludes halogenated alkanes) is 2. The van der Waals surface area contributed by atoms with Crippen LogP contribution in [0, 0.1) is 0 Å². The van der Waals surface area contributed by atoms with E-state index in [1.165, 1.54) is 24.9 Å². The summed E-state index contributed by atoms with van der Waals surface area (Å²) in [5.74, 6) is 0.865.